The van der Waals surface area contributed by atoms with Crippen molar-refractivity contribution in [3.8, 4) is 0 Å². The number of rotatable bonds is 6. The molecule has 0 saturated carbocycles. The van der Waals surface area contributed by atoms with E-state index in [9.17, 15) is 0 Å². The van der Waals surface area contributed by atoms with Crippen LogP contribution in [0.25, 0.3) is 0 Å². The second kappa shape index (κ2) is 8.78. The summed E-state index contributed by atoms with van der Waals surface area (Å²) in [5.74, 6) is 0. The Labute approximate surface area is 133 Å². The summed E-state index contributed by atoms with van der Waals surface area (Å²) in [6.45, 7) is 12.1. The van der Waals surface area contributed by atoms with E-state index in [-0.39, 0.29) is 0 Å². The number of benzene rings is 1. The number of anilines is 1. The summed E-state index contributed by atoms with van der Waals surface area (Å²) >= 11 is 0. The Balaban J connectivity index is 2.93. The minimum atomic E-state index is 0.785. The first-order valence-corrected chi connectivity index (χ1v) is 7.32. The highest BCUT2D eigenvalue weighted by atomic mass is 14.9. The SMILES string of the molecule is C=C(Nc1ccccc1C)C(=C/C)/N=C(C)\C(C)=C\C=NC. The number of hydrogen-bond acceptors (Lipinski definition) is 3. The normalized spacial score (nSPS) is 13.6. The van der Waals surface area contributed by atoms with E-state index >= 15 is 0 Å². The maximum atomic E-state index is 4.66. The lowest BCUT2D eigenvalue weighted by molar-refractivity contribution is 1.26. The molecule has 1 N–H and O–H groups in total. The van der Waals surface area contributed by atoms with Crippen LogP contribution in [0, 0.1) is 6.92 Å². The topological polar surface area (TPSA) is 36.8 Å². The molecule has 0 atom stereocenters. The number of aliphatic imine (C=N–C) groups is 2. The van der Waals surface area contributed by atoms with E-state index in [1.54, 1.807) is 13.3 Å². The molecule has 0 unspecified atom stereocenters. The van der Waals surface area contributed by atoms with Gasteiger partial charge in [0.1, 0.15) is 0 Å². The van der Waals surface area contributed by atoms with Gasteiger partial charge in [-0.05, 0) is 51.0 Å². The molecule has 1 aromatic rings. The van der Waals surface area contributed by atoms with Crippen LogP contribution in [0.5, 0.6) is 0 Å². The van der Waals surface area contributed by atoms with Crippen molar-refractivity contribution in [3.05, 3.63) is 65.5 Å². The van der Waals surface area contributed by atoms with Gasteiger partial charge in [-0.3, -0.25) is 9.98 Å². The van der Waals surface area contributed by atoms with Gasteiger partial charge in [-0.25, -0.2) is 0 Å². The highest BCUT2D eigenvalue weighted by molar-refractivity contribution is 6.01. The lowest BCUT2D eigenvalue weighted by atomic mass is 10.1. The van der Waals surface area contributed by atoms with Gasteiger partial charge in [-0.1, -0.05) is 30.9 Å². The van der Waals surface area contributed by atoms with Crippen molar-refractivity contribution in [2.24, 2.45) is 9.98 Å². The molecular formula is C19H25N3. The van der Waals surface area contributed by atoms with Crippen LogP contribution in [0.3, 0.4) is 0 Å². The fourth-order valence-electron chi connectivity index (χ4n) is 1.82. The largest absolute Gasteiger partial charge is 0.354 e. The Hall–Kier alpha value is -2.42. The Morgan fingerprint density at radius 1 is 1.23 bits per heavy atom. The molecule has 1 rings (SSSR count). The van der Waals surface area contributed by atoms with E-state index in [4.69, 9.17) is 0 Å². The quantitative estimate of drug-likeness (QED) is 0.586. The number of para-hydroxylation sites is 1. The van der Waals surface area contributed by atoms with Crippen LogP contribution in [-0.4, -0.2) is 19.0 Å². The number of allylic oxidation sites excluding steroid dienone is 3. The molecule has 0 aromatic heterocycles. The van der Waals surface area contributed by atoms with Gasteiger partial charge in [0.25, 0.3) is 0 Å². The molecule has 116 valence electrons. The number of nitrogens with one attached hydrogen (secondary N) is 1. The molecule has 0 fully saturated rings. The Morgan fingerprint density at radius 2 is 1.91 bits per heavy atom. The summed E-state index contributed by atoms with van der Waals surface area (Å²) in [7, 11) is 1.75. The van der Waals surface area contributed by atoms with Crippen molar-refractivity contribution in [1.82, 2.24) is 0 Å². The lowest BCUT2D eigenvalue weighted by Crippen LogP contribution is -2.04. The van der Waals surface area contributed by atoms with Crippen molar-refractivity contribution in [1.29, 1.82) is 0 Å². The molecule has 0 heterocycles. The standard InChI is InChI=1S/C19H25N3/c1-7-18(21-16(4)14(2)12-13-20-6)17(5)22-19-11-9-8-10-15(19)3/h7-13,22H,5H2,1-4,6H3/b14-12+,18-7-,20-13?,21-16-. The van der Waals surface area contributed by atoms with Gasteiger partial charge in [-0.2, -0.15) is 0 Å². The zero-order chi connectivity index (χ0) is 16.5. The summed E-state index contributed by atoms with van der Waals surface area (Å²) < 4.78 is 0. The van der Waals surface area contributed by atoms with Gasteiger partial charge in [0, 0.05) is 24.7 Å². The summed E-state index contributed by atoms with van der Waals surface area (Å²) in [6.07, 6.45) is 5.67. The lowest BCUT2D eigenvalue weighted by Gasteiger charge is -2.13. The predicted molar refractivity (Wildman–Crippen MR) is 99.0 cm³/mol. The first kappa shape index (κ1) is 17.6. The minimum Gasteiger partial charge on any atom is -0.354 e. The average Bonchev–Trinajstić information content (AvgIpc) is 2.51. The molecule has 0 saturated heterocycles. The van der Waals surface area contributed by atoms with E-state index in [0.29, 0.717) is 0 Å². The second-order valence-electron chi connectivity index (χ2n) is 5.05. The molecule has 0 spiro atoms. The van der Waals surface area contributed by atoms with Gasteiger partial charge < -0.3 is 5.32 Å². The third-order valence-electron chi connectivity index (χ3n) is 3.35. The molecule has 0 radical (unpaired) electrons. The van der Waals surface area contributed by atoms with Crippen molar-refractivity contribution in [2.75, 3.05) is 12.4 Å². The maximum Gasteiger partial charge on any atom is 0.0819 e. The first-order chi connectivity index (χ1) is 10.5. The van der Waals surface area contributed by atoms with Crippen molar-refractivity contribution < 1.29 is 0 Å². The molecule has 0 aliphatic carbocycles. The summed E-state index contributed by atoms with van der Waals surface area (Å²) in [5.41, 5.74) is 5.87. The summed E-state index contributed by atoms with van der Waals surface area (Å²) in [5, 5.41) is 3.33. The smallest absolute Gasteiger partial charge is 0.0819 e. The first-order valence-electron chi connectivity index (χ1n) is 7.32. The molecule has 3 heteroatoms. The maximum absolute atomic E-state index is 4.66. The fraction of sp³-hybridized carbons (Fsp3) is 0.263. The summed E-state index contributed by atoms with van der Waals surface area (Å²) in [4.78, 5) is 8.62. The number of aryl methyl sites for hydroxylation is 1. The average molecular weight is 295 g/mol. The van der Waals surface area contributed by atoms with Crippen LogP contribution in [0.2, 0.25) is 0 Å². The molecule has 1 aromatic carbocycles. The molecule has 0 bridgehead atoms. The molecular weight excluding hydrogens is 270 g/mol. The van der Waals surface area contributed by atoms with Crippen LogP contribution >= 0.6 is 0 Å². The van der Waals surface area contributed by atoms with Crippen LogP contribution < -0.4 is 5.32 Å². The third-order valence-corrected chi connectivity index (χ3v) is 3.35. The van der Waals surface area contributed by atoms with E-state index in [1.165, 1.54) is 5.56 Å². The Morgan fingerprint density at radius 3 is 2.50 bits per heavy atom. The molecule has 22 heavy (non-hydrogen) atoms. The molecule has 0 aliphatic heterocycles. The fourth-order valence-corrected chi connectivity index (χ4v) is 1.82. The molecule has 0 aliphatic rings. The zero-order valence-corrected chi connectivity index (χ0v) is 14.1. The van der Waals surface area contributed by atoms with Crippen LogP contribution in [0.1, 0.15) is 26.3 Å². The van der Waals surface area contributed by atoms with E-state index in [2.05, 4.69) is 34.9 Å². The van der Waals surface area contributed by atoms with Gasteiger partial charge in [-0.15, -0.1) is 0 Å². The molecule has 3 nitrogen and oxygen atoms in total. The van der Waals surface area contributed by atoms with E-state index < -0.39 is 0 Å². The number of hydrogen-bond donors (Lipinski definition) is 1. The highest BCUT2D eigenvalue weighted by Crippen LogP contribution is 2.19. The second-order valence-corrected chi connectivity index (χ2v) is 5.05. The van der Waals surface area contributed by atoms with Gasteiger partial charge in [0.15, 0.2) is 0 Å². The Bertz CT molecular complexity index is 646. The molecule has 0 amide bonds. The van der Waals surface area contributed by atoms with Gasteiger partial charge >= 0.3 is 0 Å². The third kappa shape index (κ3) is 5.17. The summed E-state index contributed by atoms with van der Waals surface area (Å²) in [6, 6.07) is 8.12. The minimum absolute atomic E-state index is 0.785. The van der Waals surface area contributed by atoms with Crippen LogP contribution in [0.15, 0.2) is 69.9 Å². The van der Waals surface area contributed by atoms with Crippen molar-refractivity contribution in [2.45, 2.75) is 27.7 Å². The number of nitrogens with zero attached hydrogens (tertiary/aromatic N) is 2. The van der Waals surface area contributed by atoms with E-state index in [0.717, 1.165) is 28.4 Å². The van der Waals surface area contributed by atoms with Gasteiger partial charge in [0.2, 0.25) is 0 Å². The van der Waals surface area contributed by atoms with Crippen molar-refractivity contribution >= 4 is 17.6 Å². The van der Waals surface area contributed by atoms with Gasteiger partial charge in [0.05, 0.1) is 11.4 Å². The van der Waals surface area contributed by atoms with Crippen molar-refractivity contribution in [3.63, 3.8) is 0 Å². The Kier molecular flexibility index (Phi) is 7.03. The van der Waals surface area contributed by atoms with Crippen LogP contribution in [-0.2, 0) is 0 Å². The van der Waals surface area contributed by atoms with Crippen LogP contribution in [0.4, 0.5) is 5.69 Å². The highest BCUT2D eigenvalue weighted by Gasteiger charge is 2.04. The zero-order valence-electron chi connectivity index (χ0n) is 14.1. The monoisotopic (exact) mass is 295 g/mol. The predicted octanol–water partition coefficient (Wildman–Crippen LogP) is 4.93. The van der Waals surface area contributed by atoms with E-state index in [1.807, 2.05) is 51.1 Å².